The highest BCUT2D eigenvalue weighted by atomic mass is 16.3. The van der Waals surface area contributed by atoms with Gasteiger partial charge in [0, 0.05) is 26.2 Å². The van der Waals surface area contributed by atoms with Crippen molar-refractivity contribution in [2.24, 2.45) is 5.73 Å². The molecule has 1 fully saturated rings. The Morgan fingerprint density at radius 2 is 1.67 bits per heavy atom. The molecule has 1 aliphatic heterocycles. The van der Waals surface area contributed by atoms with Crippen LogP contribution in [-0.4, -0.2) is 53.8 Å². The molecule has 2 heterocycles. The summed E-state index contributed by atoms with van der Waals surface area (Å²) >= 11 is 0. The number of furan rings is 1. The van der Waals surface area contributed by atoms with Crippen LogP contribution in [0.2, 0.25) is 0 Å². The summed E-state index contributed by atoms with van der Waals surface area (Å²) in [6.07, 6.45) is 2.00. The number of rotatable bonds is 4. The van der Waals surface area contributed by atoms with Crippen molar-refractivity contribution in [2.75, 3.05) is 26.2 Å². The van der Waals surface area contributed by atoms with E-state index in [0.29, 0.717) is 38.4 Å². The highest BCUT2D eigenvalue weighted by molar-refractivity contribution is 5.91. The molecule has 2 N–H and O–H groups in total. The van der Waals surface area contributed by atoms with E-state index in [0.717, 1.165) is 5.56 Å². The smallest absolute Gasteiger partial charge is 0.289 e. The Hall–Kier alpha value is -2.60. The van der Waals surface area contributed by atoms with E-state index in [9.17, 15) is 9.59 Å². The molecule has 2 aromatic rings. The van der Waals surface area contributed by atoms with Gasteiger partial charge < -0.3 is 20.0 Å². The highest BCUT2D eigenvalue weighted by Crippen LogP contribution is 2.11. The number of piperazine rings is 1. The molecule has 0 spiro atoms. The number of hydrogen-bond donors (Lipinski definition) is 1. The van der Waals surface area contributed by atoms with Gasteiger partial charge in [-0.1, -0.05) is 30.3 Å². The standard InChI is InChI=1S/C18H21N3O3/c19-15(13-14-5-2-1-3-6-14)17(22)20-8-10-21(11-9-20)18(23)16-7-4-12-24-16/h1-7,12,15H,8-11,13,19H2/t15-/m1/s1. The number of carbonyl (C=O) groups is 2. The Bertz CT molecular complexity index is 677. The lowest BCUT2D eigenvalue weighted by Gasteiger charge is -2.35. The normalized spacial score (nSPS) is 16.0. The van der Waals surface area contributed by atoms with Crippen molar-refractivity contribution in [1.82, 2.24) is 9.80 Å². The maximum Gasteiger partial charge on any atom is 0.289 e. The molecule has 1 saturated heterocycles. The van der Waals surface area contributed by atoms with Crippen LogP contribution >= 0.6 is 0 Å². The molecule has 24 heavy (non-hydrogen) atoms. The van der Waals surface area contributed by atoms with Gasteiger partial charge in [-0.25, -0.2) is 0 Å². The van der Waals surface area contributed by atoms with Crippen LogP contribution in [0, 0.1) is 0 Å². The van der Waals surface area contributed by atoms with E-state index < -0.39 is 6.04 Å². The van der Waals surface area contributed by atoms with Crippen LogP contribution < -0.4 is 5.73 Å². The molecule has 0 bridgehead atoms. The zero-order valence-electron chi connectivity index (χ0n) is 13.4. The van der Waals surface area contributed by atoms with E-state index in [-0.39, 0.29) is 11.8 Å². The van der Waals surface area contributed by atoms with Crippen molar-refractivity contribution in [3.05, 3.63) is 60.1 Å². The largest absolute Gasteiger partial charge is 0.459 e. The molecular weight excluding hydrogens is 306 g/mol. The first-order valence-corrected chi connectivity index (χ1v) is 8.06. The number of benzene rings is 1. The number of carbonyl (C=O) groups excluding carboxylic acids is 2. The minimum Gasteiger partial charge on any atom is -0.459 e. The number of nitrogens with two attached hydrogens (primary N) is 1. The zero-order chi connectivity index (χ0) is 16.9. The Balaban J connectivity index is 1.52. The average Bonchev–Trinajstić information content (AvgIpc) is 3.16. The third kappa shape index (κ3) is 3.65. The topological polar surface area (TPSA) is 79.8 Å². The summed E-state index contributed by atoms with van der Waals surface area (Å²) in [6, 6.07) is 12.5. The number of amides is 2. The van der Waals surface area contributed by atoms with Crippen molar-refractivity contribution in [3.8, 4) is 0 Å². The molecule has 2 amide bonds. The molecule has 126 valence electrons. The van der Waals surface area contributed by atoms with E-state index >= 15 is 0 Å². The van der Waals surface area contributed by atoms with Gasteiger partial charge >= 0.3 is 0 Å². The fourth-order valence-corrected chi connectivity index (χ4v) is 2.88. The van der Waals surface area contributed by atoms with Crippen LogP contribution in [0.25, 0.3) is 0 Å². The van der Waals surface area contributed by atoms with Crippen LogP contribution in [0.4, 0.5) is 0 Å². The number of hydrogen-bond acceptors (Lipinski definition) is 4. The van der Waals surface area contributed by atoms with Gasteiger partial charge in [-0.15, -0.1) is 0 Å². The van der Waals surface area contributed by atoms with Crippen LogP contribution in [0.1, 0.15) is 16.1 Å². The summed E-state index contributed by atoms with van der Waals surface area (Å²) in [5.74, 6) is 0.125. The van der Waals surface area contributed by atoms with Crippen molar-refractivity contribution >= 4 is 11.8 Å². The van der Waals surface area contributed by atoms with Crippen LogP contribution in [0.15, 0.2) is 53.1 Å². The van der Waals surface area contributed by atoms with E-state index in [1.165, 1.54) is 6.26 Å². The van der Waals surface area contributed by atoms with Crippen molar-refractivity contribution < 1.29 is 14.0 Å². The molecule has 1 atom stereocenters. The van der Waals surface area contributed by atoms with Gasteiger partial charge in [0.25, 0.3) is 5.91 Å². The van der Waals surface area contributed by atoms with Crippen molar-refractivity contribution in [3.63, 3.8) is 0 Å². The van der Waals surface area contributed by atoms with Gasteiger partial charge in [0.2, 0.25) is 5.91 Å². The van der Waals surface area contributed by atoms with Gasteiger partial charge in [-0.3, -0.25) is 9.59 Å². The summed E-state index contributed by atoms with van der Waals surface area (Å²) in [6.45, 7) is 1.97. The summed E-state index contributed by atoms with van der Waals surface area (Å²) in [5, 5.41) is 0. The SMILES string of the molecule is N[C@H](Cc1ccccc1)C(=O)N1CCN(C(=O)c2ccco2)CC1. The van der Waals surface area contributed by atoms with Crippen LogP contribution in [-0.2, 0) is 11.2 Å². The Labute approximate surface area is 140 Å². The minimum atomic E-state index is -0.556. The monoisotopic (exact) mass is 327 g/mol. The Morgan fingerprint density at radius 1 is 1.00 bits per heavy atom. The first-order valence-electron chi connectivity index (χ1n) is 8.06. The zero-order valence-corrected chi connectivity index (χ0v) is 13.4. The van der Waals surface area contributed by atoms with Gasteiger partial charge in [0.15, 0.2) is 5.76 Å². The van der Waals surface area contributed by atoms with Gasteiger partial charge in [-0.2, -0.15) is 0 Å². The van der Waals surface area contributed by atoms with Crippen LogP contribution in [0.3, 0.4) is 0 Å². The predicted molar refractivity (Wildman–Crippen MR) is 89.3 cm³/mol. The molecule has 1 aliphatic rings. The fourth-order valence-electron chi connectivity index (χ4n) is 2.88. The molecule has 6 heteroatoms. The van der Waals surface area contributed by atoms with Crippen molar-refractivity contribution in [1.29, 1.82) is 0 Å². The lowest BCUT2D eigenvalue weighted by Crippen LogP contribution is -2.54. The molecular formula is C18H21N3O3. The van der Waals surface area contributed by atoms with E-state index in [2.05, 4.69) is 0 Å². The molecule has 0 unspecified atom stereocenters. The third-order valence-electron chi connectivity index (χ3n) is 4.23. The quantitative estimate of drug-likeness (QED) is 0.913. The molecule has 0 saturated carbocycles. The summed E-state index contributed by atoms with van der Waals surface area (Å²) < 4.78 is 5.14. The highest BCUT2D eigenvalue weighted by Gasteiger charge is 2.28. The second-order valence-electron chi connectivity index (χ2n) is 5.89. The second-order valence-corrected chi connectivity index (χ2v) is 5.89. The summed E-state index contributed by atoms with van der Waals surface area (Å²) in [4.78, 5) is 28.1. The summed E-state index contributed by atoms with van der Waals surface area (Å²) in [5.41, 5.74) is 7.11. The maximum atomic E-state index is 12.5. The third-order valence-corrected chi connectivity index (χ3v) is 4.23. The van der Waals surface area contributed by atoms with E-state index in [1.807, 2.05) is 30.3 Å². The van der Waals surface area contributed by atoms with E-state index in [4.69, 9.17) is 10.2 Å². The van der Waals surface area contributed by atoms with Gasteiger partial charge in [-0.05, 0) is 24.1 Å². The molecule has 3 rings (SSSR count). The first-order chi connectivity index (χ1) is 11.6. The van der Waals surface area contributed by atoms with Crippen molar-refractivity contribution in [2.45, 2.75) is 12.5 Å². The maximum absolute atomic E-state index is 12.5. The summed E-state index contributed by atoms with van der Waals surface area (Å²) in [7, 11) is 0. The molecule has 1 aromatic carbocycles. The first kappa shape index (κ1) is 16.3. The molecule has 1 aromatic heterocycles. The Morgan fingerprint density at radius 3 is 2.29 bits per heavy atom. The second kappa shape index (κ2) is 7.31. The molecule has 6 nitrogen and oxygen atoms in total. The van der Waals surface area contributed by atoms with Gasteiger partial charge in [0.1, 0.15) is 0 Å². The fraction of sp³-hybridized carbons (Fsp3) is 0.333. The minimum absolute atomic E-state index is 0.0658. The van der Waals surface area contributed by atoms with E-state index in [1.54, 1.807) is 21.9 Å². The van der Waals surface area contributed by atoms with Crippen LogP contribution in [0.5, 0.6) is 0 Å². The molecule has 0 aliphatic carbocycles. The Kier molecular flexibility index (Phi) is 4.96. The lowest BCUT2D eigenvalue weighted by molar-refractivity contribution is -0.134. The number of nitrogens with zero attached hydrogens (tertiary/aromatic N) is 2. The van der Waals surface area contributed by atoms with Gasteiger partial charge in [0.05, 0.1) is 12.3 Å². The average molecular weight is 327 g/mol. The predicted octanol–water partition coefficient (Wildman–Crippen LogP) is 1.13. The lowest BCUT2D eigenvalue weighted by atomic mass is 10.1. The molecule has 0 radical (unpaired) electrons.